The van der Waals surface area contributed by atoms with E-state index in [1.54, 1.807) is 0 Å². The first-order valence-corrected chi connectivity index (χ1v) is 10.1. The maximum absolute atomic E-state index is 4.47. The minimum absolute atomic E-state index is 0. The Bertz CT molecular complexity index is 979. The normalized spacial score (nSPS) is 14.1. The fourth-order valence-electron chi connectivity index (χ4n) is 3.64. The SMILES string of the molecule is CN=C(NCCc1cnn(-c2ccccc2)c1)N1CC=C(c2ccccc2)CC1.I. The Balaban J connectivity index is 0.00000256. The molecule has 30 heavy (non-hydrogen) atoms. The largest absolute Gasteiger partial charge is 0.356 e. The van der Waals surface area contributed by atoms with Gasteiger partial charge in [0, 0.05) is 32.9 Å². The third kappa shape index (κ3) is 5.50. The van der Waals surface area contributed by atoms with Crippen LogP contribution in [-0.2, 0) is 6.42 Å². The van der Waals surface area contributed by atoms with Gasteiger partial charge in [0.1, 0.15) is 0 Å². The molecule has 2 heterocycles. The van der Waals surface area contributed by atoms with Gasteiger partial charge in [0.25, 0.3) is 0 Å². The van der Waals surface area contributed by atoms with Crippen LogP contribution in [0.5, 0.6) is 0 Å². The van der Waals surface area contributed by atoms with Crippen LogP contribution in [0.4, 0.5) is 0 Å². The van der Waals surface area contributed by atoms with Crippen molar-refractivity contribution < 1.29 is 0 Å². The lowest BCUT2D eigenvalue weighted by Crippen LogP contribution is -2.44. The van der Waals surface area contributed by atoms with Gasteiger partial charge >= 0.3 is 0 Å². The molecule has 1 N–H and O–H groups in total. The molecule has 0 fully saturated rings. The number of aliphatic imine (C=N–C) groups is 1. The molecule has 4 rings (SSSR count). The van der Waals surface area contributed by atoms with Crippen LogP contribution >= 0.6 is 24.0 Å². The van der Waals surface area contributed by atoms with Crippen molar-refractivity contribution >= 4 is 35.5 Å². The van der Waals surface area contributed by atoms with Crippen molar-refractivity contribution in [1.82, 2.24) is 20.0 Å². The van der Waals surface area contributed by atoms with E-state index in [2.05, 4.69) is 75.0 Å². The molecule has 0 bridgehead atoms. The Labute approximate surface area is 195 Å². The average Bonchev–Trinajstić information content (AvgIpc) is 3.27. The van der Waals surface area contributed by atoms with E-state index in [0.717, 1.165) is 44.1 Å². The van der Waals surface area contributed by atoms with Gasteiger partial charge in [-0.05, 0) is 41.7 Å². The van der Waals surface area contributed by atoms with Gasteiger partial charge in [-0.15, -0.1) is 24.0 Å². The number of rotatable bonds is 5. The Morgan fingerprint density at radius 1 is 1.07 bits per heavy atom. The maximum Gasteiger partial charge on any atom is 0.193 e. The number of benzene rings is 2. The second kappa shape index (κ2) is 11.0. The molecule has 2 aromatic carbocycles. The molecule has 1 aromatic heterocycles. The zero-order valence-corrected chi connectivity index (χ0v) is 19.6. The minimum atomic E-state index is 0. The topological polar surface area (TPSA) is 45.5 Å². The summed E-state index contributed by atoms with van der Waals surface area (Å²) in [5.74, 6) is 0.962. The molecule has 0 radical (unpaired) electrons. The molecular formula is C24H28IN5. The van der Waals surface area contributed by atoms with Crippen molar-refractivity contribution in [3.63, 3.8) is 0 Å². The van der Waals surface area contributed by atoms with Gasteiger partial charge < -0.3 is 10.2 Å². The molecule has 0 unspecified atom stereocenters. The Hall–Kier alpha value is -2.61. The molecule has 156 valence electrons. The summed E-state index contributed by atoms with van der Waals surface area (Å²) in [6, 6.07) is 20.8. The fraction of sp³-hybridized carbons (Fsp3) is 0.250. The molecule has 0 saturated carbocycles. The predicted molar refractivity (Wildman–Crippen MR) is 135 cm³/mol. The van der Waals surface area contributed by atoms with Crippen LogP contribution in [0.3, 0.4) is 0 Å². The second-order valence-corrected chi connectivity index (χ2v) is 7.14. The molecular weight excluding hydrogens is 485 g/mol. The van der Waals surface area contributed by atoms with Crippen molar-refractivity contribution in [2.45, 2.75) is 12.8 Å². The van der Waals surface area contributed by atoms with E-state index < -0.39 is 0 Å². The maximum atomic E-state index is 4.47. The summed E-state index contributed by atoms with van der Waals surface area (Å²) in [6.45, 7) is 2.70. The highest BCUT2D eigenvalue weighted by atomic mass is 127. The van der Waals surface area contributed by atoms with E-state index in [0.29, 0.717) is 0 Å². The molecule has 0 amide bonds. The number of para-hydroxylation sites is 1. The monoisotopic (exact) mass is 513 g/mol. The molecule has 1 aliphatic heterocycles. The minimum Gasteiger partial charge on any atom is -0.356 e. The van der Waals surface area contributed by atoms with Crippen molar-refractivity contribution in [1.29, 1.82) is 0 Å². The second-order valence-electron chi connectivity index (χ2n) is 7.14. The third-order valence-electron chi connectivity index (χ3n) is 5.22. The number of aromatic nitrogens is 2. The molecule has 0 aliphatic carbocycles. The highest BCUT2D eigenvalue weighted by Gasteiger charge is 2.16. The van der Waals surface area contributed by atoms with Gasteiger partial charge in [0.05, 0.1) is 11.9 Å². The highest BCUT2D eigenvalue weighted by Crippen LogP contribution is 2.21. The fourth-order valence-corrected chi connectivity index (χ4v) is 3.64. The van der Waals surface area contributed by atoms with Crippen LogP contribution in [-0.4, -0.2) is 47.3 Å². The van der Waals surface area contributed by atoms with Gasteiger partial charge in [-0.25, -0.2) is 4.68 Å². The Kier molecular flexibility index (Phi) is 8.07. The molecule has 3 aromatic rings. The van der Waals surface area contributed by atoms with E-state index >= 15 is 0 Å². The van der Waals surface area contributed by atoms with Crippen LogP contribution in [0.2, 0.25) is 0 Å². The summed E-state index contributed by atoms with van der Waals surface area (Å²) in [6.07, 6.45) is 8.29. The summed E-state index contributed by atoms with van der Waals surface area (Å²) in [4.78, 5) is 6.78. The molecule has 0 saturated heterocycles. The number of halogens is 1. The Morgan fingerprint density at radius 2 is 1.80 bits per heavy atom. The zero-order chi connectivity index (χ0) is 19.9. The van der Waals surface area contributed by atoms with Gasteiger partial charge in [0.15, 0.2) is 5.96 Å². The lowest BCUT2D eigenvalue weighted by atomic mass is 10.00. The highest BCUT2D eigenvalue weighted by molar-refractivity contribution is 14.0. The van der Waals surface area contributed by atoms with Crippen molar-refractivity contribution in [3.8, 4) is 5.69 Å². The lowest BCUT2D eigenvalue weighted by Gasteiger charge is -2.29. The smallest absolute Gasteiger partial charge is 0.193 e. The van der Waals surface area contributed by atoms with Crippen molar-refractivity contribution in [2.75, 3.05) is 26.7 Å². The number of hydrogen-bond donors (Lipinski definition) is 1. The van der Waals surface area contributed by atoms with Crippen molar-refractivity contribution in [2.24, 2.45) is 4.99 Å². The first kappa shape index (κ1) is 22.1. The van der Waals surface area contributed by atoms with Crippen LogP contribution in [0.15, 0.2) is 84.1 Å². The van der Waals surface area contributed by atoms with Crippen LogP contribution in [0.1, 0.15) is 17.5 Å². The number of nitrogens with zero attached hydrogens (tertiary/aromatic N) is 4. The van der Waals surface area contributed by atoms with Gasteiger partial charge in [0.2, 0.25) is 0 Å². The quantitative estimate of drug-likeness (QED) is 0.313. The first-order chi connectivity index (χ1) is 14.3. The van der Waals surface area contributed by atoms with Crippen LogP contribution in [0, 0.1) is 0 Å². The van der Waals surface area contributed by atoms with Gasteiger partial charge in [-0.1, -0.05) is 54.6 Å². The summed E-state index contributed by atoms with van der Waals surface area (Å²) in [7, 11) is 1.85. The number of guanidine groups is 1. The van der Waals surface area contributed by atoms with E-state index in [-0.39, 0.29) is 24.0 Å². The zero-order valence-electron chi connectivity index (χ0n) is 17.2. The molecule has 5 nitrogen and oxygen atoms in total. The lowest BCUT2D eigenvalue weighted by molar-refractivity contribution is 0.440. The summed E-state index contributed by atoms with van der Waals surface area (Å²) < 4.78 is 1.92. The summed E-state index contributed by atoms with van der Waals surface area (Å²) in [5, 5.41) is 7.97. The van der Waals surface area contributed by atoms with Gasteiger partial charge in [-0.3, -0.25) is 4.99 Å². The third-order valence-corrected chi connectivity index (χ3v) is 5.22. The molecule has 6 heteroatoms. The predicted octanol–water partition coefficient (Wildman–Crippen LogP) is 4.40. The average molecular weight is 513 g/mol. The van der Waals surface area contributed by atoms with E-state index in [9.17, 15) is 0 Å². The molecule has 0 atom stereocenters. The number of hydrogen-bond acceptors (Lipinski definition) is 2. The number of nitrogens with one attached hydrogen (secondary N) is 1. The van der Waals surface area contributed by atoms with Crippen LogP contribution in [0.25, 0.3) is 11.3 Å². The van der Waals surface area contributed by atoms with Crippen molar-refractivity contribution in [3.05, 3.63) is 90.3 Å². The summed E-state index contributed by atoms with van der Waals surface area (Å²) in [5.41, 5.74) is 5.04. The van der Waals surface area contributed by atoms with E-state index in [4.69, 9.17) is 0 Å². The first-order valence-electron chi connectivity index (χ1n) is 10.1. The summed E-state index contributed by atoms with van der Waals surface area (Å²) >= 11 is 0. The standard InChI is InChI=1S/C24H27N5.HI/c1-25-24(28-16-13-22(14-17-28)21-8-4-2-5-9-21)26-15-12-20-18-27-29(19-20)23-10-6-3-7-11-23;/h2-11,13,18-19H,12,14-17H2,1H3,(H,25,26);1H. The van der Waals surface area contributed by atoms with Gasteiger partial charge in [-0.2, -0.15) is 5.10 Å². The molecule has 1 aliphatic rings. The van der Waals surface area contributed by atoms with Crippen LogP contribution < -0.4 is 5.32 Å². The van der Waals surface area contributed by atoms with E-state index in [1.807, 2.05) is 36.1 Å². The molecule has 0 spiro atoms. The van der Waals surface area contributed by atoms with E-state index in [1.165, 1.54) is 16.7 Å². The Morgan fingerprint density at radius 3 is 2.47 bits per heavy atom.